The smallest absolute Gasteiger partial charge is 0.335 e. The lowest BCUT2D eigenvalue weighted by atomic mass is 9.90. The van der Waals surface area contributed by atoms with E-state index in [0.29, 0.717) is 0 Å². The molecule has 3 rings (SSSR count). The van der Waals surface area contributed by atoms with Gasteiger partial charge in [-0.05, 0) is 22.2 Å². The summed E-state index contributed by atoms with van der Waals surface area (Å²) < 4.78 is 56.7. The van der Waals surface area contributed by atoms with Gasteiger partial charge in [0.05, 0.1) is 19.5 Å². The third-order valence-electron chi connectivity index (χ3n) is 7.79. The lowest BCUT2D eigenvalue weighted by Gasteiger charge is -2.52. The minimum absolute atomic E-state index is 0.0395. The van der Waals surface area contributed by atoms with E-state index in [4.69, 9.17) is 21.9 Å². The summed E-state index contributed by atoms with van der Waals surface area (Å²) >= 11 is 0. The molecule has 39 heavy (non-hydrogen) atoms. The molecule has 12 nitrogen and oxygen atoms in total. The lowest BCUT2D eigenvalue weighted by Crippen LogP contribution is -2.67. The molecular weight excluding hydrogens is 565 g/mol. The second kappa shape index (κ2) is 11.6. The monoisotopic (exact) mass is 608 g/mol. The molecule has 0 radical (unpaired) electrons. The van der Waals surface area contributed by atoms with Crippen LogP contribution in [0.4, 0.5) is 0 Å². The molecule has 0 spiro atoms. The highest BCUT2D eigenvalue weighted by Crippen LogP contribution is 2.51. The number of aromatic nitrogens is 2. The first-order chi connectivity index (χ1) is 17.9. The van der Waals surface area contributed by atoms with E-state index in [2.05, 4.69) is 32.7 Å². The Morgan fingerprint density at radius 2 is 1.64 bits per heavy atom. The molecule has 0 amide bonds. The maximum Gasteiger partial charge on any atom is 0.335 e. The molecule has 2 saturated heterocycles. The van der Waals surface area contributed by atoms with Gasteiger partial charge in [-0.2, -0.15) is 8.42 Å². The number of hydrogen-bond donors (Lipinski definition) is 2. The number of aromatic amines is 1. The number of H-pyrrole nitrogens is 1. The van der Waals surface area contributed by atoms with Gasteiger partial charge in [-0.3, -0.25) is 18.5 Å². The third kappa shape index (κ3) is 6.21. The van der Waals surface area contributed by atoms with Gasteiger partial charge in [0.2, 0.25) is 0 Å². The number of aliphatic hydroxyl groups is 1. The van der Waals surface area contributed by atoms with Crippen LogP contribution in [-0.2, 0) is 32.0 Å². The summed E-state index contributed by atoms with van der Waals surface area (Å²) in [5.74, 6) is 0. The van der Waals surface area contributed by atoms with Gasteiger partial charge in [0.15, 0.2) is 6.23 Å². The molecule has 0 saturated carbocycles. The van der Waals surface area contributed by atoms with E-state index in [1.165, 1.54) is 6.20 Å². The molecule has 4 atom stereocenters. The van der Waals surface area contributed by atoms with E-state index in [9.17, 15) is 23.1 Å². The van der Waals surface area contributed by atoms with Crippen LogP contribution in [-0.4, -0.2) is 77.5 Å². The number of nitrogens with one attached hydrogen (secondary N) is 1. The topological polar surface area (TPSA) is 155 Å². The van der Waals surface area contributed by atoms with Crippen molar-refractivity contribution in [2.24, 2.45) is 0 Å². The number of rotatable bonds is 9. The van der Waals surface area contributed by atoms with Gasteiger partial charge in [-0.25, -0.2) is 4.79 Å². The van der Waals surface area contributed by atoms with Gasteiger partial charge in [-0.1, -0.05) is 55.4 Å². The molecule has 2 unspecified atom stereocenters. The maximum atomic E-state index is 12.8. The second-order valence-electron chi connectivity index (χ2n) is 11.8. The van der Waals surface area contributed by atoms with Crippen molar-refractivity contribution >= 4 is 27.2 Å². The van der Waals surface area contributed by atoms with Gasteiger partial charge in [0.1, 0.15) is 17.8 Å². The van der Waals surface area contributed by atoms with Crippen molar-refractivity contribution < 1.29 is 35.4 Å². The molecule has 1 aromatic heterocycles. The Kier molecular flexibility index (Phi) is 9.62. The first kappa shape index (κ1) is 32.3. The Balaban J connectivity index is 2.20. The zero-order chi connectivity index (χ0) is 29.6. The SMILES string of the molecule is CC(C)[Si]1(C(C)C)OCC2OC(n3ccc(=O)[nH]c3=O)[C@@](O)(CCOS(C)(=O)=O)[C@@H]2O[Si](C(C)C)(C(C)C)O1. The summed E-state index contributed by atoms with van der Waals surface area (Å²) in [4.78, 5) is 26.8. The summed E-state index contributed by atoms with van der Waals surface area (Å²) in [7, 11) is -9.90. The summed E-state index contributed by atoms with van der Waals surface area (Å²) in [5.41, 5.74) is -3.24. The second-order valence-corrected chi connectivity index (χ2v) is 22.3. The standard InChI is InChI=1S/C24H44N2O10SSi2/c1-15(2)38(16(3)4)33-14-19-21(35-39(36-38,17(5)6)18(7)8)24(29,11-13-32-37(9,30)31)22(34-19)26-12-10-20(27)25-23(26)28/h10,12,15-19,21-22,29H,11,13-14H2,1-9H3,(H,25,27,28)/t19?,21-,22?,24-/m1/s1. The molecule has 0 bridgehead atoms. The van der Waals surface area contributed by atoms with E-state index < -0.39 is 62.5 Å². The highest BCUT2D eigenvalue weighted by atomic mass is 32.2. The Labute approximate surface area is 232 Å². The van der Waals surface area contributed by atoms with Crippen molar-refractivity contribution in [1.82, 2.24) is 9.55 Å². The molecule has 2 N–H and O–H groups in total. The summed E-state index contributed by atoms with van der Waals surface area (Å²) in [6, 6.07) is 1.15. The Morgan fingerprint density at radius 3 is 2.13 bits per heavy atom. The fraction of sp³-hybridized carbons (Fsp3) is 0.833. The van der Waals surface area contributed by atoms with Gasteiger partial charge in [0, 0.05) is 18.7 Å². The molecular formula is C24H44N2O10SSi2. The van der Waals surface area contributed by atoms with Crippen LogP contribution in [0, 0.1) is 0 Å². The van der Waals surface area contributed by atoms with Crippen LogP contribution < -0.4 is 11.2 Å². The third-order valence-corrected chi connectivity index (χ3v) is 18.6. The fourth-order valence-electron chi connectivity index (χ4n) is 5.79. The average molecular weight is 609 g/mol. The van der Waals surface area contributed by atoms with Crippen molar-refractivity contribution in [2.75, 3.05) is 19.5 Å². The largest absolute Gasteiger partial charge is 0.414 e. The Hall–Kier alpha value is -1.18. The van der Waals surface area contributed by atoms with E-state index in [1.54, 1.807) is 0 Å². The van der Waals surface area contributed by atoms with Crippen LogP contribution >= 0.6 is 0 Å². The summed E-state index contributed by atoms with van der Waals surface area (Å²) in [6.45, 7) is 16.1. The number of fused-ring (bicyclic) bond motifs is 1. The molecule has 3 heterocycles. The van der Waals surface area contributed by atoms with Crippen LogP contribution in [0.2, 0.25) is 22.2 Å². The van der Waals surface area contributed by atoms with E-state index >= 15 is 0 Å². The first-order valence-electron chi connectivity index (χ1n) is 13.4. The molecule has 1 aromatic rings. The van der Waals surface area contributed by atoms with Crippen molar-refractivity contribution in [3.63, 3.8) is 0 Å². The predicted octanol–water partition coefficient (Wildman–Crippen LogP) is 2.49. The van der Waals surface area contributed by atoms with Crippen molar-refractivity contribution in [3.8, 4) is 0 Å². The highest BCUT2D eigenvalue weighted by molar-refractivity contribution is 7.85. The molecule has 2 aliphatic rings. The first-order valence-corrected chi connectivity index (χ1v) is 19.2. The van der Waals surface area contributed by atoms with Crippen LogP contribution in [0.15, 0.2) is 21.9 Å². The molecule has 0 aromatic carbocycles. The van der Waals surface area contributed by atoms with Crippen molar-refractivity contribution in [1.29, 1.82) is 0 Å². The molecule has 2 aliphatic heterocycles. The zero-order valence-electron chi connectivity index (χ0n) is 24.3. The molecule has 0 aliphatic carbocycles. The Morgan fingerprint density at radius 1 is 1.08 bits per heavy atom. The number of ether oxygens (including phenoxy) is 1. The van der Waals surface area contributed by atoms with Crippen molar-refractivity contribution in [2.45, 2.75) is 108 Å². The van der Waals surface area contributed by atoms with Crippen LogP contribution in [0.3, 0.4) is 0 Å². The van der Waals surface area contributed by atoms with Crippen LogP contribution in [0.1, 0.15) is 68.0 Å². The predicted molar refractivity (Wildman–Crippen MR) is 149 cm³/mol. The zero-order valence-corrected chi connectivity index (χ0v) is 27.1. The summed E-state index contributed by atoms with van der Waals surface area (Å²) in [5, 5.41) is 12.3. The minimum atomic E-state index is -3.81. The molecule has 224 valence electrons. The quantitative estimate of drug-likeness (QED) is 0.315. The average Bonchev–Trinajstić information content (AvgIpc) is 3.03. The highest BCUT2D eigenvalue weighted by Gasteiger charge is 2.65. The van der Waals surface area contributed by atoms with Gasteiger partial charge in [-0.15, -0.1) is 0 Å². The number of nitrogens with zero attached hydrogens (tertiary/aromatic N) is 1. The lowest BCUT2D eigenvalue weighted by molar-refractivity contribution is -0.118. The normalized spacial score (nSPS) is 29.1. The van der Waals surface area contributed by atoms with Crippen LogP contribution in [0.5, 0.6) is 0 Å². The maximum absolute atomic E-state index is 12.8. The van der Waals surface area contributed by atoms with Crippen molar-refractivity contribution in [3.05, 3.63) is 33.1 Å². The van der Waals surface area contributed by atoms with E-state index in [-0.39, 0.29) is 41.8 Å². The van der Waals surface area contributed by atoms with E-state index in [0.717, 1.165) is 16.9 Å². The van der Waals surface area contributed by atoms with Crippen LogP contribution in [0.25, 0.3) is 0 Å². The molecule has 2 fully saturated rings. The van der Waals surface area contributed by atoms with Gasteiger partial charge >= 0.3 is 22.8 Å². The minimum Gasteiger partial charge on any atom is -0.414 e. The van der Waals surface area contributed by atoms with E-state index in [1.807, 2.05) is 27.7 Å². The van der Waals surface area contributed by atoms with Gasteiger partial charge < -0.3 is 22.8 Å². The molecule has 15 heteroatoms. The van der Waals surface area contributed by atoms with Gasteiger partial charge in [0.25, 0.3) is 15.7 Å². The fourth-order valence-corrected chi connectivity index (χ4v) is 17.4. The summed E-state index contributed by atoms with van der Waals surface area (Å²) in [6.07, 6.45) is -1.25. The Bertz CT molecular complexity index is 1220. The number of hydrogen-bond acceptors (Lipinski definition) is 10.